The Kier molecular flexibility index (Phi) is 8.93. The van der Waals surface area contributed by atoms with Gasteiger partial charge in [0.05, 0.1) is 22.9 Å². The van der Waals surface area contributed by atoms with Gasteiger partial charge in [-0.1, -0.05) is 19.1 Å². The number of H-pyrrole nitrogens is 1. The predicted octanol–water partition coefficient (Wildman–Crippen LogP) is 5.40. The first-order valence-corrected chi connectivity index (χ1v) is 13.9. The van der Waals surface area contributed by atoms with Gasteiger partial charge in [-0.05, 0) is 36.4 Å². The maximum absolute atomic E-state index is 9.91. The van der Waals surface area contributed by atoms with Crippen molar-refractivity contribution in [1.82, 2.24) is 34.7 Å². The number of methoxy groups -OCH3 is 1. The molecule has 42 heavy (non-hydrogen) atoms. The minimum absolute atomic E-state index is 0.0150. The zero-order valence-corrected chi connectivity index (χ0v) is 23.6. The average Bonchev–Trinajstić information content (AvgIpc) is 3.60. The number of azo groups is 1. The van der Waals surface area contributed by atoms with E-state index in [0.717, 1.165) is 17.6 Å². The van der Waals surface area contributed by atoms with Gasteiger partial charge < -0.3 is 20.4 Å². The number of aromatic amines is 1. The second-order valence-corrected chi connectivity index (χ2v) is 9.84. The standard InChI is InChI=1S/C27H25N13OS/c1-3-42-25-22(24(31-12-7-13-41-2)35-26(36-25)32-17-8-6-11-30-16-17)37-38-23-18(14-28)21(15-29)40(39-23)27-33-19-9-4-5-10-20(19)34-27/h4-6,8-11,16H,3,7,12-13H2,1-2H3,(H,33,34)(H2,31,32,35,36). The topological polar surface area (TPSA) is 191 Å². The van der Waals surface area contributed by atoms with Crippen LogP contribution in [0.1, 0.15) is 24.6 Å². The number of thioether (sulfide) groups is 1. The maximum atomic E-state index is 9.91. The zero-order chi connectivity index (χ0) is 29.3. The van der Waals surface area contributed by atoms with Gasteiger partial charge in [-0.25, -0.2) is 9.97 Å². The van der Waals surface area contributed by atoms with E-state index in [9.17, 15) is 10.5 Å². The lowest BCUT2D eigenvalue weighted by atomic mass is 10.2. The van der Waals surface area contributed by atoms with Crippen LogP contribution >= 0.6 is 11.8 Å². The van der Waals surface area contributed by atoms with Crippen molar-refractivity contribution in [2.75, 3.05) is 36.6 Å². The predicted molar refractivity (Wildman–Crippen MR) is 158 cm³/mol. The van der Waals surface area contributed by atoms with Crippen LogP contribution in [0.5, 0.6) is 0 Å². The van der Waals surface area contributed by atoms with Crippen molar-refractivity contribution in [2.24, 2.45) is 10.2 Å². The molecular weight excluding hydrogens is 554 g/mol. The van der Waals surface area contributed by atoms with Crippen LogP contribution in [0.4, 0.5) is 29.0 Å². The van der Waals surface area contributed by atoms with Crippen molar-refractivity contribution in [3.8, 4) is 18.1 Å². The number of anilines is 3. The lowest BCUT2D eigenvalue weighted by Crippen LogP contribution is -2.09. The molecule has 14 nitrogen and oxygen atoms in total. The lowest BCUT2D eigenvalue weighted by molar-refractivity contribution is 0.198. The van der Waals surface area contributed by atoms with Gasteiger partial charge in [0.1, 0.15) is 22.7 Å². The summed E-state index contributed by atoms with van der Waals surface area (Å²) in [5.74, 6) is 1.73. The lowest BCUT2D eigenvalue weighted by Gasteiger charge is -2.13. The number of pyridine rings is 1. The molecule has 5 aromatic rings. The minimum atomic E-state index is -0.0372. The van der Waals surface area contributed by atoms with Gasteiger partial charge in [0.25, 0.3) is 0 Å². The third-order valence-corrected chi connectivity index (χ3v) is 6.62. The van der Waals surface area contributed by atoms with E-state index in [0.29, 0.717) is 46.9 Å². The van der Waals surface area contributed by atoms with E-state index in [4.69, 9.17) is 4.74 Å². The Morgan fingerprint density at radius 2 is 1.98 bits per heavy atom. The number of hydrogen-bond donors (Lipinski definition) is 3. The van der Waals surface area contributed by atoms with E-state index < -0.39 is 0 Å². The highest BCUT2D eigenvalue weighted by Gasteiger charge is 2.22. The fourth-order valence-electron chi connectivity index (χ4n) is 3.90. The second kappa shape index (κ2) is 13.3. The molecule has 0 aliphatic rings. The van der Waals surface area contributed by atoms with Crippen molar-refractivity contribution < 1.29 is 4.74 Å². The molecule has 0 bridgehead atoms. The highest BCUT2D eigenvalue weighted by atomic mass is 32.2. The maximum Gasteiger partial charge on any atom is 0.230 e. The van der Waals surface area contributed by atoms with Gasteiger partial charge in [-0.2, -0.15) is 20.2 Å². The van der Waals surface area contributed by atoms with Gasteiger partial charge in [0.15, 0.2) is 17.2 Å². The average molecular weight is 580 g/mol. The summed E-state index contributed by atoms with van der Waals surface area (Å²) in [5.41, 5.74) is 2.50. The third kappa shape index (κ3) is 6.17. The van der Waals surface area contributed by atoms with Crippen molar-refractivity contribution in [1.29, 1.82) is 10.5 Å². The SMILES string of the molecule is CCSc1nc(Nc2cccnc2)nc(NCCCOC)c1N=Nc1nn(-c2nc3ccccc3[nH]2)c(C#N)c1C#N. The number of rotatable bonds is 12. The minimum Gasteiger partial charge on any atom is -0.385 e. The molecule has 0 fully saturated rings. The molecule has 0 radical (unpaired) electrons. The van der Waals surface area contributed by atoms with Gasteiger partial charge in [0, 0.05) is 26.5 Å². The second-order valence-electron chi connectivity index (χ2n) is 8.58. The fourth-order valence-corrected chi connectivity index (χ4v) is 4.60. The summed E-state index contributed by atoms with van der Waals surface area (Å²) >= 11 is 1.46. The Morgan fingerprint density at radius 3 is 2.71 bits per heavy atom. The molecule has 0 saturated heterocycles. The Hall–Kier alpha value is -5.38. The number of aromatic nitrogens is 7. The number of nitriles is 2. The first-order valence-electron chi connectivity index (χ1n) is 12.9. The van der Waals surface area contributed by atoms with Crippen molar-refractivity contribution >= 4 is 51.8 Å². The number of benzene rings is 1. The Labute approximate surface area is 244 Å². The van der Waals surface area contributed by atoms with E-state index in [1.807, 2.05) is 55.5 Å². The number of ether oxygens (including phenoxy) is 1. The van der Waals surface area contributed by atoms with Crippen molar-refractivity contribution in [3.63, 3.8) is 0 Å². The zero-order valence-electron chi connectivity index (χ0n) is 22.7. The van der Waals surface area contributed by atoms with Crippen LogP contribution in [0.25, 0.3) is 17.0 Å². The molecule has 4 aromatic heterocycles. The summed E-state index contributed by atoms with van der Waals surface area (Å²) < 4.78 is 6.43. The van der Waals surface area contributed by atoms with Gasteiger partial charge >= 0.3 is 0 Å². The molecule has 0 aliphatic carbocycles. The Bertz CT molecular complexity index is 1770. The first kappa shape index (κ1) is 28.2. The van der Waals surface area contributed by atoms with Crippen LogP contribution in [-0.4, -0.2) is 60.7 Å². The van der Waals surface area contributed by atoms with E-state index in [2.05, 4.69) is 50.9 Å². The molecule has 210 valence electrons. The van der Waals surface area contributed by atoms with Crippen LogP contribution in [0.2, 0.25) is 0 Å². The fraction of sp³-hybridized carbons (Fsp3) is 0.222. The summed E-state index contributed by atoms with van der Waals surface area (Å²) in [6.45, 7) is 3.11. The van der Waals surface area contributed by atoms with E-state index in [-0.39, 0.29) is 23.0 Å². The van der Waals surface area contributed by atoms with Gasteiger partial charge in [-0.15, -0.1) is 27.1 Å². The van der Waals surface area contributed by atoms with E-state index in [1.54, 1.807) is 19.5 Å². The van der Waals surface area contributed by atoms with Crippen LogP contribution < -0.4 is 10.6 Å². The molecule has 0 unspecified atom stereocenters. The van der Waals surface area contributed by atoms with Crippen LogP contribution in [0.3, 0.4) is 0 Å². The Morgan fingerprint density at radius 1 is 1.10 bits per heavy atom. The number of nitrogens with zero attached hydrogens (tertiary/aromatic N) is 10. The molecule has 15 heteroatoms. The number of para-hydroxylation sites is 2. The molecule has 3 N–H and O–H groups in total. The van der Waals surface area contributed by atoms with E-state index >= 15 is 0 Å². The largest absolute Gasteiger partial charge is 0.385 e. The smallest absolute Gasteiger partial charge is 0.230 e. The molecule has 0 saturated carbocycles. The molecule has 5 rings (SSSR count). The first-order chi connectivity index (χ1) is 20.6. The van der Waals surface area contributed by atoms with Gasteiger partial charge in [-0.3, -0.25) is 4.98 Å². The van der Waals surface area contributed by atoms with Crippen LogP contribution in [-0.2, 0) is 4.74 Å². The normalized spacial score (nSPS) is 11.0. The number of nitrogens with one attached hydrogen (secondary N) is 3. The molecular formula is C27H25N13OS. The molecule has 4 heterocycles. The molecule has 0 amide bonds. The molecule has 0 atom stereocenters. The molecule has 1 aromatic carbocycles. The van der Waals surface area contributed by atoms with Crippen molar-refractivity contribution in [3.05, 3.63) is 60.0 Å². The quantitative estimate of drug-likeness (QED) is 0.0742. The highest BCUT2D eigenvalue weighted by molar-refractivity contribution is 7.99. The highest BCUT2D eigenvalue weighted by Crippen LogP contribution is 2.37. The molecule has 0 aliphatic heterocycles. The third-order valence-electron chi connectivity index (χ3n) is 5.78. The van der Waals surface area contributed by atoms with Crippen LogP contribution in [0, 0.1) is 22.7 Å². The van der Waals surface area contributed by atoms with E-state index in [1.165, 1.54) is 16.4 Å². The monoisotopic (exact) mass is 579 g/mol. The number of imidazole rings is 1. The van der Waals surface area contributed by atoms with Crippen molar-refractivity contribution in [2.45, 2.75) is 18.4 Å². The number of fused-ring (bicyclic) bond motifs is 1. The van der Waals surface area contributed by atoms with Crippen LogP contribution in [0.15, 0.2) is 64.0 Å². The summed E-state index contributed by atoms with van der Waals surface area (Å²) in [6, 6.07) is 15.1. The molecule has 0 spiro atoms. The van der Waals surface area contributed by atoms with Gasteiger partial charge in [0.2, 0.25) is 17.7 Å². The Balaban J connectivity index is 1.56. The summed E-state index contributed by atoms with van der Waals surface area (Å²) in [6.07, 6.45) is 4.08. The summed E-state index contributed by atoms with van der Waals surface area (Å²) in [5, 5.41) is 40.0. The summed E-state index contributed by atoms with van der Waals surface area (Å²) in [4.78, 5) is 21.1. The summed E-state index contributed by atoms with van der Waals surface area (Å²) in [7, 11) is 1.64. The number of hydrogen-bond acceptors (Lipinski definition) is 13.